The predicted octanol–water partition coefficient (Wildman–Crippen LogP) is 5.92. The third kappa shape index (κ3) is 5.18. The summed E-state index contributed by atoms with van der Waals surface area (Å²) in [6.07, 6.45) is 14.3. The summed E-state index contributed by atoms with van der Waals surface area (Å²) in [7, 11) is 0. The molecule has 1 aromatic carbocycles. The van der Waals surface area contributed by atoms with Crippen LogP contribution in [0.15, 0.2) is 48.8 Å². The molecular formula is C22H23ClN2. The molecule has 0 aliphatic heterocycles. The van der Waals surface area contributed by atoms with Crippen LogP contribution in [0.1, 0.15) is 44.6 Å². The zero-order valence-corrected chi connectivity index (χ0v) is 15.3. The summed E-state index contributed by atoms with van der Waals surface area (Å²) >= 11 is 5.91. The number of rotatable bonds is 3. The van der Waals surface area contributed by atoms with Crippen LogP contribution in [-0.4, -0.2) is 9.97 Å². The molecule has 2 nitrogen and oxygen atoms in total. The fourth-order valence-electron chi connectivity index (χ4n) is 3.20. The molecule has 25 heavy (non-hydrogen) atoms. The predicted molar refractivity (Wildman–Crippen MR) is 104 cm³/mol. The molecule has 0 unspecified atom stereocenters. The molecule has 1 heterocycles. The molecule has 3 rings (SSSR count). The zero-order valence-electron chi connectivity index (χ0n) is 14.6. The molecule has 2 aromatic rings. The number of halogens is 1. The first-order chi connectivity index (χ1) is 12.2. The molecule has 0 radical (unpaired) electrons. The van der Waals surface area contributed by atoms with E-state index in [0.717, 1.165) is 17.0 Å². The number of nitrogens with zero attached hydrogens (tertiary/aromatic N) is 2. The molecule has 1 saturated carbocycles. The second-order valence-corrected chi connectivity index (χ2v) is 7.03. The van der Waals surface area contributed by atoms with Gasteiger partial charge in [-0.3, -0.25) is 0 Å². The van der Waals surface area contributed by atoms with Gasteiger partial charge in [-0.05, 0) is 69.2 Å². The Hall–Kier alpha value is -2.11. The van der Waals surface area contributed by atoms with E-state index < -0.39 is 0 Å². The molecule has 0 bridgehead atoms. The summed E-state index contributed by atoms with van der Waals surface area (Å²) in [5.74, 6) is 8.72. The zero-order chi connectivity index (χ0) is 17.5. The topological polar surface area (TPSA) is 25.8 Å². The third-order valence-corrected chi connectivity index (χ3v) is 4.98. The fraction of sp³-hybridized carbons (Fsp3) is 0.364. The van der Waals surface area contributed by atoms with Gasteiger partial charge in [-0.2, -0.15) is 0 Å². The Balaban J connectivity index is 1.58. The van der Waals surface area contributed by atoms with Gasteiger partial charge in [-0.25, -0.2) is 9.97 Å². The van der Waals surface area contributed by atoms with E-state index >= 15 is 0 Å². The lowest BCUT2D eigenvalue weighted by Crippen LogP contribution is -2.12. The minimum atomic E-state index is 0.512. The maximum Gasteiger partial charge on any atom is 0.159 e. The van der Waals surface area contributed by atoms with Gasteiger partial charge in [0.25, 0.3) is 0 Å². The van der Waals surface area contributed by atoms with Gasteiger partial charge in [0.05, 0.1) is 5.56 Å². The maximum absolute atomic E-state index is 5.91. The Morgan fingerprint density at radius 3 is 2.40 bits per heavy atom. The van der Waals surface area contributed by atoms with Gasteiger partial charge >= 0.3 is 0 Å². The van der Waals surface area contributed by atoms with E-state index in [9.17, 15) is 0 Å². The summed E-state index contributed by atoms with van der Waals surface area (Å²) < 4.78 is 0. The molecule has 128 valence electrons. The second-order valence-electron chi connectivity index (χ2n) is 6.59. The highest BCUT2D eigenvalue weighted by Gasteiger charge is 2.18. The Kier molecular flexibility index (Phi) is 6.25. The molecule has 3 heteroatoms. The van der Waals surface area contributed by atoms with Crippen molar-refractivity contribution in [2.45, 2.75) is 39.0 Å². The summed E-state index contributed by atoms with van der Waals surface area (Å²) in [4.78, 5) is 8.85. The van der Waals surface area contributed by atoms with Crippen molar-refractivity contribution in [3.8, 4) is 23.2 Å². The second kappa shape index (κ2) is 8.83. The minimum Gasteiger partial charge on any atom is -0.235 e. The summed E-state index contributed by atoms with van der Waals surface area (Å²) in [5, 5.41) is 0.715. The van der Waals surface area contributed by atoms with Gasteiger partial charge in [-0.15, -0.1) is 0 Å². The largest absolute Gasteiger partial charge is 0.235 e. The summed E-state index contributed by atoms with van der Waals surface area (Å²) in [6.45, 7) is 2.09. The Morgan fingerprint density at radius 1 is 1.08 bits per heavy atom. The van der Waals surface area contributed by atoms with Crippen LogP contribution < -0.4 is 0 Å². The number of benzene rings is 1. The number of allylic oxidation sites excluding steroid dienone is 2. The van der Waals surface area contributed by atoms with Crippen LogP contribution in [0.5, 0.6) is 0 Å². The third-order valence-electron chi connectivity index (χ3n) is 4.73. The van der Waals surface area contributed by atoms with Gasteiger partial charge in [0.15, 0.2) is 5.82 Å². The van der Waals surface area contributed by atoms with Gasteiger partial charge in [0.2, 0.25) is 0 Å². The first-order valence-corrected chi connectivity index (χ1v) is 9.33. The van der Waals surface area contributed by atoms with Crippen molar-refractivity contribution in [2.75, 3.05) is 0 Å². The van der Waals surface area contributed by atoms with E-state index in [0.29, 0.717) is 16.8 Å². The summed E-state index contributed by atoms with van der Waals surface area (Å²) in [5.41, 5.74) is 1.84. The average Bonchev–Trinajstić information content (AvgIpc) is 2.67. The first kappa shape index (κ1) is 17.7. The Bertz CT molecular complexity index is 758. The van der Waals surface area contributed by atoms with E-state index in [1.807, 2.05) is 36.7 Å². The monoisotopic (exact) mass is 350 g/mol. The first-order valence-electron chi connectivity index (χ1n) is 8.95. The molecule has 0 spiro atoms. The number of hydrogen-bond acceptors (Lipinski definition) is 2. The van der Waals surface area contributed by atoms with Crippen molar-refractivity contribution in [3.63, 3.8) is 0 Å². The molecule has 1 aromatic heterocycles. The van der Waals surface area contributed by atoms with Crippen LogP contribution in [0, 0.1) is 23.7 Å². The van der Waals surface area contributed by atoms with E-state index in [1.54, 1.807) is 0 Å². The van der Waals surface area contributed by atoms with E-state index in [2.05, 4.69) is 40.9 Å². The highest BCUT2D eigenvalue weighted by atomic mass is 35.5. The van der Waals surface area contributed by atoms with E-state index in [1.165, 1.54) is 32.1 Å². The van der Waals surface area contributed by atoms with Crippen molar-refractivity contribution in [1.82, 2.24) is 9.97 Å². The van der Waals surface area contributed by atoms with Crippen LogP contribution in [0.2, 0.25) is 5.02 Å². The number of hydrogen-bond donors (Lipinski definition) is 0. The molecule has 0 amide bonds. The molecule has 1 aliphatic carbocycles. The van der Waals surface area contributed by atoms with Crippen molar-refractivity contribution in [1.29, 1.82) is 0 Å². The summed E-state index contributed by atoms with van der Waals surface area (Å²) in [6, 6.07) is 7.55. The van der Waals surface area contributed by atoms with Crippen LogP contribution in [0.25, 0.3) is 11.4 Å². The lowest BCUT2D eigenvalue weighted by molar-refractivity contribution is 0.319. The quantitative estimate of drug-likeness (QED) is 0.507. The lowest BCUT2D eigenvalue weighted by Gasteiger charge is -2.24. The smallest absolute Gasteiger partial charge is 0.159 e. The SMILES string of the molecule is CC=CCC1CCC(C#Cc2cnc(-c3ccc(Cl)cc3)nc2)CC1. The Labute approximate surface area is 155 Å². The molecule has 0 saturated heterocycles. The van der Waals surface area contributed by atoms with Crippen LogP contribution in [0.3, 0.4) is 0 Å². The number of aromatic nitrogens is 2. The average molecular weight is 351 g/mol. The maximum atomic E-state index is 5.91. The van der Waals surface area contributed by atoms with Gasteiger partial charge in [-0.1, -0.05) is 35.6 Å². The standard InChI is InChI=1S/C22H23ClN2/c1-2-3-4-17-5-7-18(8-6-17)9-10-19-15-24-22(25-16-19)20-11-13-21(23)14-12-20/h2-3,11-18H,4-8H2,1H3. The van der Waals surface area contributed by atoms with Crippen molar-refractivity contribution in [2.24, 2.45) is 11.8 Å². The van der Waals surface area contributed by atoms with Crippen molar-refractivity contribution < 1.29 is 0 Å². The Morgan fingerprint density at radius 2 is 1.76 bits per heavy atom. The van der Waals surface area contributed by atoms with Gasteiger partial charge in [0.1, 0.15) is 0 Å². The molecule has 0 N–H and O–H groups in total. The van der Waals surface area contributed by atoms with Gasteiger partial charge < -0.3 is 0 Å². The van der Waals surface area contributed by atoms with Crippen LogP contribution in [0.4, 0.5) is 0 Å². The molecule has 1 fully saturated rings. The normalized spacial score (nSPS) is 20.2. The van der Waals surface area contributed by atoms with Crippen molar-refractivity contribution in [3.05, 3.63) is 59.4 Å². The van der Waals surface area contributed by atoms with E-state index in [-0.39, 0.29) is 0 Å². The van der Waals surface area contributed by atoms with Crippen LogP contribution >= 0.6 is 11.6 Å². The minimum absolute atomic E-state index is 0.512. The fourth-order valence-corrected chi connectivity index (χ4v) is 3.32. The highest BCUT2D eigenvalue weighted by Crippen LogP contribution is 2.30. The molecular weight excluding hydrogens is 328 g/mol. The molecule has 1 aliphatic rings. The lowest BCUT2D eigenvalue weighted by atomic mass is 9.81. The molecule has 0 atom stereocenters. The highest BCUT2D eigenvalue weighted by molar-refractivity contribution is 6.30. The van der Waals surface area contributed by atoms with Gasteiger partial charge in [0, 0.05) is 28.9 Å². The van der Waals surface area contributed by atoms with E-state index in [4.69, 9.17) is 11.6 Å². The van der Waals surface area contributed by atoms with Crippen molar-refractivity contribution >= 4 is 11.6 Å². The van der Waals surface area contributed by atoms with Crippen LogP contribution in [-0.2, 0) is 0 Å².